The van der Waals surface area contributed by atoms with Gasteiger partial charge in [-0.05, 0) is 23.3 Å². The molecule has 0 amide bonds. The molecule has 2 aromatic rings. The highest BCUT2D eigenvalue weighted by molar-refractivity contribution is 6.59. The van der Waals surface area contributed by atoms with E-state index in [4.69, 9.17) is 15.3 Å². The number of hydrogen-bond donors (Lipinski definition) is 2. The maximum Gasteiger partial charge on any atom is 0.492 e. The topological polar surface area (TPSA) is 97.3 Å². The molecule has 2 rings (SSSR count). The highest BCUT2D eigenvalue weighted by Crippen LogP contribution is 2.15. The first kappa shape index (κ1) is 16.3. The molecule has 0 aromatic heterocycles. The predicted octanol–water partition coefficient (Wildman–Crippen LogP) is 1.38. The van der Waals surface area contributed by atoms with E-state index >= 15 is 0 Å². The van der Waals surface area contributed by atoms with Crippen LogP contribution in [0.15, 0.2) is 54.1 Å². The van der Waals surface area contributed by atoms with Crippen LogP contribution in [0.25, 0.3) is 6.08 Å². The van der Waals surface area contributed by atoms with Crippen molar-refractivity contribution in [3.8, 4) is 17.9 Å². The Balaban J connectivity index is 2.25. The van der Waals surface area contributed by atoms with Gasteiger partial charge in [0, 0.05) is 5.46 Å². The fourth-order valence-corrected chi connectivity index (χ4v) is 1.98. The van der Waals surface area contributed by atoms with Crippen LogP contribution in [-0.2, 0) is 6.61 Å². The molecule has 0 spiro atoms. The van der Waals surface area contributed by atoms with Crippen LogP contribution < -0.4 is 10.2 Å². The molecule has 0 aliphatic carbocycles. The molecule has 5 nitrogen and oxygen atoms in total. The molecular weight excluding hydrogens is 291 g/mol. The maximum atomic E-state index is 9.50. The minimum Gasteiger partial charge on any atom is -0.489 e. The second kappa shape index (κ2) is 7.81. The zero-order chi connectivity index (χ0) is 16.7. The average Bonchev–Trinajstić information content (AvgIpc) is 2.59. The second-order valence-electron chi connectivity index (χ2n) is 4.73. The van der Waals surface area contributed by atoms with Gasteiger partial charge in [-0.1, -0.05) is 42.5 Å². The van der Waals surface area contributed by atoms with Crippen molar-refractivity contribution in [2.45, 2.75) is 6.61 Å². The molecule has 112 valence electrons. The van der Waals surface area contributed by atoms with E-state index in [2.05, 4.69) is 0 Å². The fourth-order valence-electron chi connectivity index (χ4n) is 1.98. The van der Waals surface area contributed by atoms with Crippen molar-refractivity contribution in [1.29, 1.82) is 10.5 Å². The van der Waals surface area contributed by atoms with Gasteiger partial charge in [0.1, 0.15) is 30.1 Å². The number of rotatable bonds is 5. The molecule has 6 heteroatoms. The van der Waals surface area contributed by atoms with Crippen molar-refractivity contribution >= 4 is 18.7 Å². The number of hydrogen-bond acceptors (Lipinski definition) is 5. The lowest BCUT2D eigenvalue weighted by Gasteiger charge is -2.12. The number of nitriles is 2. The van der Waals surface area contributed by atoms with Crippen LogP contribution >= 0.6 is 0 Å². The van der Waals surface area contributed by atoms with Crippen molar-refractivity contribution in [3.63, 3.8) is 0 Å². The molecule has 2 aromatic carbocycles. The van der Waals surface area contributed by atoms with Crippen molar-refractivity contribution in [3.05, 3.63) is 65.2 Å². The van der Waals surface area contributed by atoms with Gasteiger partial charge in [0.2, 0.25) is 0 Å². The Hall–Kier alpha value is -3.06. The molecule has 0 aliphatic rings. The summed E-state index contributed by atoms with van der Waals surface area (Å²) >= 11 is 0. The van der Waals surface area contributed by atoms with Crippen LogP contribution in [-0.4, -0.2) is 17.2 Å². The smallest absolute Gasteiger partial charge is 0.489 e. The zero-order valence-corrected chi connectivity index (χ0v) is 12.2. The Morgan fingerprint density at radius 3 is 2.39 bits per heavy atom. The normalized spacial score (nSPS) is 9.39. The van der Waals surface area contributed by atoms with E-state index in [0.29, 0.717) is 11.3 Å². The second-order valence-corrected chi connectivity index (χ2v) is 4.73. The summed E-state index contributed by atoms with van der Waals surface area (Å²) in [7, 11) is -1.72. The van der Waals surface area contributed by atoms with Gasteiger partial charge >= 0.3 is 7.12 Å². The van der Waals surface area contributed by atoms with E-state index in [1.165, 1.54) is 12.1 Å². The lowest BCUT2D eigenvalue weighted by atomic mass is 9.78. The largest absolute Gasteiger partial charge is 0.492 e. The molecule has 0 bridgehead atoms. The first-order valence-electron chi connectivity index (χ1n) is 6.82. The molecule has 0 unspecified atom stereocenters. The molecule has 0 fully saturated rings. The third-order valence-electron chi connectivity index (χ3n) is 3.10. The lowest BCUT2D eigenvalue weighted by Crippen LogP contribution is -2.31. The standard InChI is InChI=1S/C17H13BN2O3/c19-10-15(11-20)8-14-6-7-17(16(9-14)18(21)22)23-12-13-4-2-1-3-5-13/h1-9,21-22H,12H2. The highest BCUT2D eigenvalue weighted by Gasteiger charge is 2.18. The van der Waals surface area contributed by atoms with Gasteiger partial charge in [-0.25, -0.2) is 0 Å². The van der Waals surface area contributed by atoms with Crippen LogP contribution in [0.5, 0.6) is 5.75 Å². The summed E-state index contributed by atoms with van der Waals surface area (Å²) in [6.07, 6.45) is 1.37. The van der Waals surface area contributed by atoms with E-state index in [-0.39, 0.29) is 17.6 Å². The van der Waals surface area contributed by atoms with Crippen molar-refractivity contribution in [1.82, 2.24) is 0 Å². The van der Waals surface area contributed by atoms with Crippen LogP contribution in [0.1, 0.15) is 11.1 Å². The summed E-state index contributed by atoms with van der Waals surface area (Å²) in [6, 6.07) is 17.7. The average molecular weight is 304 g/mol. The van der Waals surface area contributed by atoms with Gasteiger partial charge < -0.3 is 14.8 Å². The third kappa shape index (κ3) is 4.45. The van der Waals surface area contributed by atoms with Crippen LogP contribution in [0, 0.1) is 22.7 Å². The van der Waals surface area contributed by atoms with E-state index < -0.39 is 7.12 Å². The molecule has 0 saturated carbocycles. The fraction of sp³-hybridized carbons (Fsp3) is 0.0588. The monoisotopic (exact) mass is 304 g/mol. The quantitative estimate of drug-likeness (QED) is 0.642. The first-order chi connectivity index (χ1) is 11.1. The Morgan fingerprint density at radius 1 is 1.09 bits per heavy atom. The molecule has 0 saturated heterocycles. The molecule has 0 aliphatic heterocycles. The Bertz CT molecular complexity index is 774. The highest BCUT2D eigenvalue weighted by atomic mass is 16.5. The van der Waals surface area contributed by atoms with Crippen molar-refractivity contribution < 1.29 is 14.8 Å². The number of ether oxygens (including phenoxy) is 1. The number of allylic oxidation sites excluding steroid dienone is 1. The van der Waals surface area contributed by atoms with Gasteiger partial charge in [-0.15, -0.1) is 0 Å². The first-order valence-corrected chi connectivity index (χ1v) is 6.82. The molecule has 2 N–H and O–H groups in total. The van der Waals surface area contributed by atoms with Crippen molar-refractivity contribution in [2.24, 2.45) is 0 Å². The minimum absolute atomic E-state index is 0.0682. The third-order valence-corrected chi connectivity index (χ3v) is 3.10. The summed E-state index contributed by atoms with van der Waals surface area (Å²) in [5.41, 5.74) is 1.57. The lowest BCUT2D eigenvalue weighted by molar-refractivity contribution is 0.306. The maximum absolute atomic E-state index is 9.50. The van der Waals surface area contributed by atoms with Crippen LogP contribution in [0.4, 0.5) is 0 Å². The van der Waals surface area contributed by atoms with Crippen molar-refractivity contribution in [2.75, 3.05) is 0 Å². The molecular formula is C17H13BN2O3. The van der Waals surface area contributed by atoms with E-state index in [1.54, 1.807) is 24.3 Å². The van der Waals surface area contributed by atoms with E-state index in [9.17, 15) is 10.0 Å². The molecule has 23 heavy (non-hydrogen) atoms. The number of nitrogens with zero attached hydrogens (tertiary/aromatic N) is 2. The van der Waals surface area contributed by atoms with Crippen LogP contribution in [0.2, 0.25) is 0 Å². The molecule has 0 radical (unpaired) electrons. The zero-order valence-electron chi connectivity index (χ0n) is 12.2. The minimum atomic E-state index is -1.72. The van der Waals surface area contributed by atoms with Gasteiger partial charge in [0.25, 0.3) is 0 Å². The van der Waals surface area contributed by atoms with E-state index in [1.807, 2.05) is 30.3 Å². The Labute approximate surface area is 134 Å². The summed E-state index contributed by atoms with van der Waals surface area (Å²) in [5.74, 6) is 0.330. The predicted molar refractivity (Wildman–Crippen MR) is 86.2 cm³/mol. The summed E-state index contributed by atoms with van der Waals surface area (Å²) in [6.45, 7) is 0.289. The summed E-state index contributed by atoms with van der Waals surface area (Å²) < 4.78 is 5.63. The summed E-state index contributed by atoms with van der Waals surface area (Å²) in [4.78, 5) is 0. The van der Waals surface area contributed by atoms with Crippen LogP contribution in [0.3, 0.4) is 0 Å². The van der Waals surface area contributed by atoms with Gasteiger partial charge in [0.05, 0.1) is 0 Å². The molecule has 0 heterocycles. The Morgan fingerprint density at radius 2 is 1.78 bits per heavy atom. The Kier molecular flexibility index (Phi) is 5.54. The number of benzene rings is 2. The SMILES string of the molecule is N#CC(C#N)=Cc1ccc(OCc2ccccc2)c(B(O)O)c1. The van der Waals surface area contributed by atoms with Gasteiger partial charge in [0.15, 0.2) is 0 Å². The van der Waals surface area contributed by atoms with Gasteiger partial charge in [-0.2, -0.15) is 10.5 Å². The summed E-state index contributed by atoms with van der Waals surface area (Å²) in [5, 5.41) is 36.5. The van der Waals surface area contributed by atoms with E-state index in [0.717, 1.165) is 5.56 Å². The molecule has 0 atom stereocenters. The van der Waals surface area contributed by atoms with Gasteiger partial charge in [-0.3, -0.25) is 0 Å².